The highest BCUT2D eigenvalue weighted by Crippen LogP contribution is 2.29. The summed E-state index contributed by atoms with van der Waals surface area (Å²) in [6, 6.07) is 5.57. The zero-order chi connectivity index (χ0) is 15.6. The molecule has 1 aromatic heterocycles. The lowest BCUT2D eigenvalue weighted by Gasteiger charge is -2.13. The quantitative estimate of drug-likeness (QED) is 0.848. The van der Waals surface area contributed by atoms with Crippen LogP contribution in [0, 0.1) is 12.7 Å². The maximum atomic E-state index is 13.4. The molecule has 0 saturated carbocycles. The van der Waals surface area contributed by atoms with Gasteiger partial charge in [-0.3, -0.25) is 0 Å². The van der Waals surface area contributed by atoms with E-state index in [2.05, 4.69) is 20.6 Å². The number of anilines is 3. The van der Waals surface area contributed by atoms with Gasteiger partial charge < -0.3 is 10.6 Å². The van der Waals surface area contributed by atoms with Crippen LogP contribution in [0.3, 0.4) is 0 Å². The van der Waals surface area contributed by atoms with Crippen LogP contribution in [-0.2, 0) is 6.18 Å². The van der Waals surface area contributed by atoms with E-state index in [9.17, 15) is 17.6 Å². The van der Waals surface area contributed by atoms with Crippen LogP contribution in [0.1, 0.15) is 11.4 Å². The highest BCUT2D eigenvalue weighted by Gasteiger charge is 2.35. The van der Waals surface area contributed by atoms with Gasteiger partial charge in [-0.25, -0.2) is 14.4 Å². The van der Waals surface area contributed by atoms with E-state index < -0.39 is 17.8 Å². The zero-order valence-corrected chi connectivity index (χ0v) is 11.2. The van der Waals surface area contributed by atoms with E-state index in [0.717, 1.165) is 0 Å². The van der Waals surface area contributed by atoms with Gasteiger partial charge >= 0.3 is 6.18 Å². The van der Waals surface area contributed by atoms with Crippen molar-refractivity contribution in [3.8, 4) is 0 Å². The minimum Gasteiger partial charge on any atom is -0.373 e. The molecular formula is C13H12F4N4. The minimum absolute atomic E-state index is 0.00822. The Bertz CT molecular complexity index is 655. The summed E-state index contributed by atoms with van der Waals surface area (Å²) in [5, 5.41) is 5.20. The molecule has 0 unspecified atom stereocenters. The monoisotopic (exact) mass is 300 g/mol. The van der Waals surface area contributed by atoms with Gasteiger partial charge in [-0.15, -0.1) is 0 Å². The number of halogens is 4. The molecule has 2 rings (SSSR count). The van der Waals surface area contributed by atoms with Gasteiger partial charge in [0.15, 0.2) is 0 Å². The van der Waals surface area contributed by atoms with Crippen LogP contribution in [0.5, 0.6) is 0 Å². The molecule has 8 heteroatoms. The Hall–Kier alpha value is -2.38. The maximum absolute atomic E-state index is 13.4. The lowest BCUT2D eigenvalue weighted by atomic mass is 10.2. The van der Waals surface area contributed by atoms with Crippen LogP contribution < -0.4 is 10.6 Å². The summed E-state index contributed by atoms with van der Waals surface area (Å²) in [6.07, 6.45) is -4.67. The SMILES string of the molecule is CNc1cc(Nc2cccc(F)c2C)nc(C(F)(F)F)n1. The first kappa shape index (κ1) is 15.0. The molecular weight excluding hydrogens is 288 g/mol. The maximum Gasteiger partial charge on any atom is 0.451 e. The second kappa shape index (κ2) is 5.55. The topological polar surface area (TPSA) is 49.8 Å². The first-order valence-corrected chi connectivity index (χ1v) is 5.97. The molecule has 1 aromatic carbocycles. The minimum atomic E-state index is -4.67. The zero-order valence-electron chi connectivity index (χ0n) is 11.2. The molecule has 0 aliphatic heterocycles. The highest BCUT2D eigenvalue weighted by molar-refractivity contribution is 5.62. The van der Waals surface area contributed by atoms with Crippen molar-refractivity contribution >= 4 is 17.3 Å². The van der Waals surface area contributed by atoms with Crippen molar-refractivity contribution in [1.82, 2.24) is 9.97 Å². The first-order valence-electron chi connectivity index (χ1n) is 5.97. The summed E-state index contributed by atoms with van der Waals surface area (Å²) in [7, 11) is 1.44. The lowest BCUT2D eigenvalue weighted by Crippen LogP contribution is -2.13. The number of rotatable bonds is 3. The summed E-state index contributed by atoms with van der Waals surface area (Å²) in [5.41, 5.74) is 0.625. The summed E-state index contributed by atoms with van der Waals surface area (Å²) in [6.45, 7) is 1.52. The molecule has 0 aliphatic rings. The van der Waals surface area contributed by atoms with Crippen LogP contribution in [0.2, 0.25) is 0 Å². The molecule has 21 heavy (non-hydrogen) atoms. The van der Waals surface area contributed by atoms with E-state index in [1.807, 2.05) is 0 Å². The molecule has 112 valence electrons. The first-order chi connectivity index (χ1) is 9.81. The van der Waals surface area contributed by atoms with Crippen molar-refractivity contribution in [2.24, 2.45) is 0 Å². The third-order valence-electron chi connectivity index (χ3n) is 2.77. The number of benzene rings is 1. The van der Waals surface area contributed by atoms with Gasteiger partial charge in [-0.2, -0.15) is 13.2 Å². The number of nitrogens with one attached hydrogen (secondary N) is 2. The Morgan fingerprint density at radius 3 is 2.38 bits per heavy atom. The predicted octanol–water partition coefficient (Wildman–Crippen LogP) is 3.73. The molecule has 4 nitrogen and oxygen atoms in total. The molecule has 2 N–H and O–H groups in total. The second-order valence-electron chi connectivity index (χ2n) is 4.25. The Morgan fingerprint density at radius 2 is 1.76 bits per heavy atom. The molecule has 0 saturated heterocycles. The average molecular weight is 300 g/mol. The lowest BCUT2D eigenvalue weighted by molar-refractivity contribution is -0.144. The molecule has 0 aliphatic carbocycles. The van der Waals surface area contributed by atoms with Crippen LogP contribution >= 0.6 is 0 Å². The van der Waals surface area contributed by atoms with Crippen LogP contribution in [0.15, 0.2) is 24.3 Å². The van der Waals surface area contributed by atoms with E-state index in [-0.39, 0.29) is 17.2 Å². The van der Waals surface area contributed by atoms with Crippen LogP contribution in [0.4, 0.5) is 34.9 Å². The van der Waals surface area contributed by atoms with E-state index in [0.29, 0.717) is 5.69 Å². The summed E-state index contributed by atoms with van der Waals surface area (Å²) >= 11 is 0. The van der Waals surface area contributed by atoms with Crippen molar-refractivity contribution in [1.29, 1.82) is 0 Å². The van der Waals surface area contributed by atoms with Gasteiger partial charge in [0, 0.05) is 24.4 Å². The van der Waals surface area contributed by atoms with Crippen molar-refractivity contribution < 1.29 is 17.6 Å². The number of hydrogen-bond donors (Lipinski definition) is 2. The molecule has 2 aromatic rings. The summed E-state index contributed by atoms with van der Waals surface area (Å²) < 4.78 is 51.6. The third-order valence-corrected chi connectivity index (χ3v) is 2.77. The average Bonchev–Trinajstić information content (AvgIpc) is 2.42. The fourth-order valence-corrected chi connectivity index (χ4v) is 1.65. The second-order valence-corrected chi connectivity index (χ2v) is 4.25. The molecule has 0 fully saturated rings. The van der Waals surface area contributed by atoms with E-state index >= 15 is 0 Å². The van der Waals surface area contributed by atoms with Crippen molar-refractivity contribution in [3.63, 3.8) is 0 Å². The smallest absolute Gasteiger partial charge is 0.373 e. The van der Waals surface area contributed by atoms with Gasteiger partial charge in [-0.1, -0.05) is 6.07 Å². The van der Waals surface area contributed by atoms with E-state index in [1.165, 1.54) is 32.2 Å². The molecule has 0 radical (unpaired) electrons. The Labute approximate surface area is 118 Å². The van der Waals surface area contributed by atoms with Gasteiger partial charge in [0.25, 0.3) is 0 Å². The Balaban J connectivity index is 2.42. The van der Waals surface area contributed by atoms with E-state index in [1.54, 1.807) is 6.07 Å². The van der Waals surface area contributed by atoms with Crippen molar-refractivity contribution in [2.45, 2.75) is 13.1 Å². The molecule has 0 amide bonds. The predicted molar refractivity (Wildman–Crippen MR) is 71.0 cm³/mol. The van der Waals surface area contributed by atoms with Crippen molar-refractivity contribution in [3.05, 3.63) is 41.5 Å². The molecule has 0 spiro atoms. The molecule has 0 atom stereocenters. The number of nitrogens with zero attached hydrogens (tertiary/aromatic N) is 2. The fourth-order valence-electron chi connectivity index (χ4n) is 1.65. The van der Waals surface area contributed by atoms with Crippen molar-refractivity contribution in [2.75, 3.05) is 17.7 Å². The number of hydrogen-bond acceptors (Lipinski definition) is 4. The Kier molecular flexibility index (Phi) is 3.97. The van der Waals surface area contributed by atoms with Gasteiger partial charge in [0.05, 0.1) is 0 Å². The largest absolute Gasteiger partial charge is 0.451 e. The number of aromatic nitrogens is 2. The van der Waals surface area contributed by atoms with E-state index in [4.69, 9.17) is 0 Å². The molecule has 0 bridgehead atoms. The highest BCUT2D eigenvalue weighted by atomic mass is 19.4. The van der Waals surface area contributed by atoms with Gasteiger partial charge in [0.1, 0.15) is 17.5 Å². The standard InChI is InChI=1S/C13H12F4N4/c1-7-8(14)4-3-5-9(7)19-11-6-10(18-2)20-12(21-11)13(15,16)17/h3-6H,1-2H3,(H2,18,19,20,21). The third kappa shape index (κ3) is 3.39. The number of alkyl halides is 3. The van der Waals surface area contributed by atoms with Crippen LogP contribution in [0.25, 0.3) is 0 Å². The van der Waals surface area contributed by atoms with Crippen LogP contribution in [-0.4, -0.2) is 17.0 Å². The summed E-state index contributed by atoms with van der Waals surface area (Å²) in [5.74, 6) is -1.80. The normalized spacial score (nSPS) is 11.3. The van der Waals surface area contributed by atoms with Gasteiger partial charge in [0.2, 0.25) is 5.82 Å². The van der Waals surface area contributed by atoms with Gasteiger partial charge in [-0.05, 0) is 19.1 Å². The fraction of sp³-hybridized carbons (Fsp3) is 0.231. The summed E-state index contributed by atoms with van der Waals surface area (Å²) in [4.78, 5) is 6.75. The Morgan fingerprint density at radius 1 is 1.10 bits per heavy atom. The molecule has 1 heterocycles.